The smallest absolute Gasteiger partial charge is 0.355 e. The van der Waals surface area contributed by atoms with Crippen LogP contribution in [0.4, 0.5) is 5.69 Å². The number of nitrogens with zero attached hydrogens (tertiary/aromatic N) is 2. The van der Waals surface area contributed by atoms with Crippen LogP contribution in [0.5, 0.6) is 0 Å². The summed E-state index contributed by atoms with van der Waals surface area (Å²) in [4.78, 5) is 37.8. The lowest BCUT2D eigenvalue weighted by atomic mass is 9.99. The predicted octanol–water partition coefficient (Wildman–Crippen LogP) is 0.639. The third kappa shape index (κ3) is 1.89. The van der Waals surface area contributed by atoms with Crippen molar-refractivity contribution in [2.45, 2.75) is 13.0 Å². The van der Waals surface area contributed by atoms with Crippen LogP contribution in [0.2, 0.25) is 5.02 Å². The molecule has 0 aromatic heterocycles. The van der Waals surface area contributed by atoms with Crippen molar-refractivity contribution in [3.8, 4) is 0 Å². The van der Waals surface area contributed by atoms with E-state index in [1.807, 2.05) is 0 Å². The fourth-order valence-electron chi connectivity index (χ4n) is 2.64. The van der Waals surface area contributed by atoms with Crippen molar-refractivity contribution < 1.29 is 19.1 Å². The van der Waals surface area contributed by atoms with Crippen LogP contribution in [0.25, 0.3) is 0 Å². The molecule has 1 saturated heterocycles. The fraction of sp³-hybridized carbons (Fsp3) is 0.286. The minimum atomic E-state index is -0.974. The first-order chi connectivity index (χ1) is 10.5. The zero-order valence-corrected chi connectivity index (χ0v) is 12.5. The molecular formula is C14H12ClN3O4. The number of anilines is 1. The van der Waals surface area contributed by atoms with Crippen LogP contribution in [0, 0.1) is 12.8 Å². The molecule has 0 spiro atoms. The number of carbonyl (C=O) groups is 3. The molecule has 0 aliphatic carbocycles. The molecule has 2 atom stereocenters. The third-order valence-corrected chi connectivity index (χ3v) is 4.21. The Kier molecular flexibility index (Phi) is 3.37. The van der Waals surface area contributed by atoms with Gasteiger partial charge in [-0.1, -0.05) is 17.7 Å². The number of rotatable bonds is 2. The molecule has 0 bridgehead atoms. The van der Waals surface area contributed by atoms with Gasteiger partial charge in [-0.2, -0.15) is 5.10 Å². The Morgan fingerprint density at radius 2 is 2.09 bits per heavy atom. The monoisotopic (exact) mass is 321 g/mol. The van der Waals surface area contributed by atoms with Crippen molar-refractivity contribution in [1.82, 2.24) is 5.43 Å². The average molecular weight is 322 g/mol. The van der Waals surface area contributed by atoms with E-state index >= 15 is 0 Å². The molecule has 2 heterocycles. The van der Waals surface area contributed by atoms with Crippen LogP contribution in [0.15, 0.2) is 23.3 Å². The van der Waals surface area contributed by atoms with Crippen LogP contribution in [-0.4, -0.2) is 36.6 Å². The summed E-state index contributed by atoms with van der Waals surface area (Å²) in [5.74, 6) is -2.69. The van der Waals surface area contributed by atoms with E-state index in [2.05, 4.69) is 15.3 Å². The molecule has 1 N–H and O–H groups in total. The Morgan fingerprint density at radius 3 is 2.77 bits per heavy atom. The number of amides is 2. The fourth-order valence-corrected chi connectivity index (χ4v) is 2.81. The summed E-state index contributed by atoms with van der Waals surface area (Å²) in [6.45, 7) is 1.72. The second kappa shape index (κ2) is 5.10. The summed E-state index contributed by atoms with van der Waals surface area (Å²) >= 11 is 6.05. The molecule has 8 heteroatoms. The molecule has 1 aromatic rings. The maximum Gasteiger partial charge on any atom is 0.355 e. The van der Waals surface area contributed by atoms with Gasteiger partial charge in [0.1, 0.15) is 12.0 Å². The minimum Gasteiger partial charge on any atom is -0.464 e. The Hall–Kier alpha value is -2.41. The number of methoxy groups -OCH3 is 1. The van der Waals surface area contributed by atoms with Crippen molar-refractivity contribution in [2.75, 3.05) is 12.0 Å². The van der Waals surface area contributed by atoms with E-state index in [0.717, 1.165) is 4.90 Å². The molecule has 0 radical (unpaired) electrons. The molecule has 3 rings (SSSR count). The molecular weight excluding hydrogens is 310 g/mol. The molecule has 7 nitrogen and oxygen atoms in total. The zero-order chi connectivity index (χ0) is 16.0. The van der Waals surface area contributed by atoms with E-state index in [4.69, 9.17) is 11.6 Å². The molecule has 1 aromatic carbocycles. The standard InChI is InChI=1S/C14H12ClN3O4/c1-6-7(15)4-3-5-8(6)18-12(19)9-10(13(18)20)16-17-11(9)14(21)22-2/h3-5,9-10,16H,1-2H3/t9-,10-/m0/s1. The van der Waals surface area contributed by atoms with E-state index in [1.165, 1.54) is 7.11 Å². The van der Waals surface area contributed by atoms with Gasteiger partial charge in [-0.15, -0.1) is 0 Å². The van der Waals surface area contributed by atoms with Crippen molar-refractivity contribution in [3.05, 3.63) is 28.8 Å². The topological polar surface area (TPSA) is 88.1 Å². The summed E-state index contributed by atoms with van der Waals surface area (Å²) < 4.78 is 4.60. The molecule has 2 aliphatic rings. The quantitative estimate of drug-likeness (QED) is 0.638. The second-order valence-corrected chi connectivity index (χ2v) is 5.38. The predicted molar refractivity (Wildman–Crippen MR) is 78.5 cm³/mol. The van der Waals surface area contributed by atoms with E-state index in [9.17, 15) is 14.4 Å². The summed E-state index contributed by atoms with van der Waals surface area (Å²) in [7, 11) is 1.19. The lowest BCUT2D eigenvalue weighted by Gasteiger charge is -2.18. The second-order valence-electron chi connectivity index (χ2n) is 4.97. The van der Waals surface area contributed by atoms with Gasteiger partial charge < -0.3 is 4.74 Å². The maximum atomic E-state index is 12.6. The zero-order valence-electron chi connectivity index (χ0n) is 11.8. The highest BCUT2D eigenvalue weighted by Gasteiger charge is 2.55. The summed E-state index contributed by atoms with van der Waals surface area (Å²) in [6.07, 6.45) is 0. The van der Waals surface area contributed by atoms with Gasteiger partial charge in [0.25, 0.3) is 5.91 Å². The molecule has 2 amide bonds. The largest absolute Gasteiger partial charge is 0.464 e. The highest BCUT2D eigenvalue weighted by atomic mass is 35.5. The van der Waals surface area contributed by atoms with Crippen LogP contribution >= 0.6 is 11.6 Å². The summed E-state index contributed by atoms with van der Waals surface area (Å²) in [6, 6.07) is 4.07. The van der Waals surface area contributed by atoms with Crippen LogP contribution < -0.4 is 10.3 Å². The van der Waals surface area contributed by atoms with Gasteiger partial charge in [-0.25, -0.2) is 9.69 Å². The number of imide groups is 1. The Balaban J connectivity index is 2.02. The van der Waals surface area contributed by atoms with Crippen molar-refractivity contribution in [1.29, 1.82) is 0 Å². The van der Waals surface area contributed by atoms with Gasteiger partial charge in [0.15, 0.2) is 5.71 Å². The van der Waals surface area contributed by atoms with Crippen LogP contribution in [0.1, 0.15) is 5.56 Å². The number of carbonyl (C=O) groups excluding carboxylic acids is 3. The van der Waals surface area contributed by atoms with E-state index < -0.39 is 29.7 Å². The normalized spacial score (nSPS) is 23.2. The SMILES string of the molecule is COC(=O)C1=NN[C@@H]2C(=O)N(c3cccc(Cl)c3C)C(=O)[C@H]12. The number of hydrogen-bond acceptors (Lipinski definition) is 6. The lowest BCUT2D eigenvalue weighted by molar-refractivity contribution is -0.133. The van der Waals surface area contributed by atoms with Crippen LogP contribution in [-0.2, 0) is 19.1 Å². The number of nitrogens with one attached hydrogen (secondary N) is 1. The first-order valence-corrected chi connectivity index (χ1v) is 6.89. The van der Waals surface area contributed by atoms with Gasteiger partial charge in [0.2, 0.25) is 5.91 Å². The Labute approximate surface area is 130 Å². The van der Waals surface area contributed by atoms with Crippen molar-refractivity contribution in [3.63, 3.8) is 0 Å². The van der Waals surface area contributed by atoms with Gasteiger partial charge in [0, 0.05) is 5.02 Å². The number of halogens is 1. The Morgan fingerprint density at radius 1 is 1.36 bits per heavy atom. The first-order valence-electron chi connectivity index (χ1n) is 6.51. The van der Waals surface area contributed by atoms with Gasteiger partial charge in [0.05, 0.1) is 12.8 Å². The lowest BCUT2D eigenvalue weighted by Crippen LogP contribution is -2.36. The van der Waals surface area contributed by atoms with Crippen molar-refractivity contribution in [2.24, 2.45) is 11.0 Å². The van der Waals surface area contributed by atoms with Gasteiger partial charge in [-0.3, -0.25) is 15.0 Å². The highest BCUT2D eigenvalue weighted by Crippen LogP contribution is 2.34. The van der Waals surface area contributed by atoms with E-state index in [1.54, 1.807) is 25.1 Å². The van der Waals surface area contributed by atoms with Gasteiger partial charge >= 0.3 is 5.97 Å². The number of hydrazone groups is 1. The number of fused-ring (bicyclic) bond motifs is 1. The van der Waals surface area contributed by atoms with Gasteiger partial charge in [-0.05, 0) is 24.6 Å². The number of ether oxygens (including phenoxy) is 1. The summed E-state index contributed by atoms with van der Waals surface area (Å²) in [5, 5.41) is 4.21. The van der Waals surface area contributed by atoms with Crippen molar-refractivity contribution >= 4 is 40.8 Å². The molecule has 0 saturated carbocycles. The van der Waals surface area contributed by atoms with E-state index in [-0.39, 0.29) is 5.71 Å². The van der Waals surface area contributed by atoms with Crippen LogP contribution in [0.3, 0.4) is 0 Å². The third-order valence-electron chi connectivity index (χ3n) is 3.80. The highest BCUT2D eigenvalue weighted by molar-refractivity contribution is 6.46. The number of benzene rings is 1. The number of esters is 1. The molecule has 0 unspecified atom stereocenters. The minimum absolute atomic E-state index is 0.0898. The molecule has 22 heavy (non-hydrogen) atoms. The Bertz CT molecular complexity index is 731. The first kappa shape index (κ1) is 14.5. The maximum absolute atomic E-state index is 12.6. The number of hydrogen-bond donors (Lipinski definition) is 1. The van der Waals surface area contributed by atoms with E-state index in [0.29, 0.717) is 16.3 Å². The molecule has 2 aliphatic heterocycles. The summed E-state index contributed by atoms with van der Waals surface area (Å²) in [5.41, 5.74) is 3.47. The molecule has 1 fully saturated rings. The average Bonchev–Trinajstić information content (AvgIpc) is 3.04. The molecule has 114 valence electrons.